The van der Waals surface area contributed by atoms with E-state index in [1.54, 1.807) is 0 Å². The fourth-order valence-electron chi connectivity index (χ4n) is 11.5. The number of hydrogen-bond donors (Lipinski definition) is 1. The summed E-state index contributed by atoms with van der Waals surface area (Å²) in [6.45, 7) is 6.57. The quantitative estimate of drug-likeness (QED) is 0.0367. The molecule has 10 aromatic carbocycles. The van der Waals surface area contributed by atoms with Gasteiger partial charge in [0.1, 0.15) is 6.61 Å². The summed E-state index contributed by atoms with van der Waals surface area (Å²) in [4.78, 5) is 18.3. The van der Waals surface area contributed by atoms with Gasteiger partial charge in [-0.2, -0.15) is 0 Å². The van der Waals surface area contributed by atoms with E-state index < -0.39 is 10.8 Å². The van der Waals surface area contributed by atoms with Gasteiger partial charge in [-0.15, -0.1) is 4.91 Å². The molecule has 2 N–H and O–H groups in total. The van der Waals surface area contributed by atoms with Crippen LogP contribution in [0.5, 0.6) is 0 Å². The minimum Gasteiger partial charge on any atom is -0.397 e. The molecule has 0 aromatic heterocycles. The summed E-state index contributed by atoms with van der Waals surface area (Å²) in [5, 5.41) is 2.26. The highest BCUT2D eigenvalue weighted by Crippen LogP contribution is 2.59. The molecule has 3 aliphatic heterocycles. The van der Waals surface area contributed by atoms with E-state index in [2.05, 4.69) is 342 Å². The first-order valence-electron chi connectivity index (χ1n) is 27.4. The van der Waals surface area contributed by atoms with Crippen molar-refractivity contribution in [2.75, 3.05) is 35.4 Å². The van der Waals surface area contributed by atoms with Crippen molar-refractivity contribution in [3.05, 3.63) is 320 Å². The van der Waals surface area contributed by atoms with Crippen LogP contribution in [0.3, 0.4) is 0 Å². The third-order valence-corrected chi connectivity index (χ3v) is 15.9. The topological polar surface area (TPSA) is 80.4 Å². The Labute approximate surface area is 530 Å². The van der Waals surface area contributed by atoms with E-state index in [-0.39, 0.29) is 15.8 Å². The monoisotopic (exact) mass is 1430 g/mol. The molecule has 11 heteroatoms. The van der Waals surface area contributed by atoms with Crippen molar-refractivity contribution in [3.8, 4) is 0 Å². The second-order valence-corrected chi connectivity index (χ2v) is 21.3. The van der Waals surface area contributed by atoms with Gasteiger partial charge in [0.25, 0.3) is 0 Å². The highest BCUT2D eigenvalue weighted by atomic mass is 128. The number of hydrogen-bond acceptors (Lipinski definition) is 7. The number of benzene rings is 10. The lowest BCUT2D eigenvalue weighted by Gasteiger charge is -2.46. The van der Waals surface area contributed by atoms with Crippen LogP contribution in [0.1, 0.15) is 85.0 Å². The number of ether oxygens (including phenoxy) is 1. The van der Waals surface area contributed by atoms with E-state index in [1.165, 1.54) is 78.0 Å². The molecule has 7 nitrogen and oxygen atoms in total. The molecule has 3 aliphatic rings. The smallest absolute Gasteiger partial charge is 0.155 e. The molecule has 83 heavy (non-hydrogen) atoms. The van der Waals surface area contributed by atoms with Gasteiger partial charge in [0.2, 0.25) is 0 Å². The van der Waals surface area contributed by atoms with Crippen molar-refractivity contribution in [3.63, 3.8) is 0 Å². The zero-order valence-corrected chi connectivity index (χ0v) is 52.6. The Morgan fingerprint density at radius 2 is 0.747 bits per heavy atom. The van der Waals surface area contributed by atoms with Gasteiger partial charge in [-0.25, -0.2) is 0 Å². The highest BCUT2D eigenvalue weighted by Gasteiger charge is 2.48. The lowest BCUT2D eigenvalue weighted by molar-refractivity contribution is 0.128. The maximum Gasteiger partial charge on any atom is 0.155 e. The molecule has 0 spiro atoms. The van der Waals surface area contributed by atoms with E-state index in [9.17, 15) is 4.91 Å². The van der Waals surface area contributed by atoms with Crippen molar-refractivity contribution in [1.29, 1.82) is 0 Å². The number of halogens is 3. The Kier molecular flexibility index (Phi) is 24.0. The summed E-state index contributed by atoms with van der Waals surface area (Å²) in [6.07, 6.45) is 3.45. The predicted octanol–water partition coefficient (Wildman–Crippen LogP) is 20.4. The van der Waals surface area contributed by atoms with Gasteiger partial charge in [-0.3, -0.25) is 0 Å². The van der Waals surface area contributed by atoms with Crippen LogP contribution in [-0.2, 0) is 20.4 Å². The van der Waals surface area contributed by atoms with Crippen LogP contribution in [0.15, 0.2) is 272 Å². The molecule has 0 atom stereocenters. The second-order valence-electron chi connectivity index (χ2n) is 20.1. The Morgan fingerprint density at radius 3 is 1.05 bits per heavy atom. The van der Waals surface area contributed by atoms with Crippen LogP contribution >= 0.6 is 59.8 Å². The van der Waals surface area contributed by atoms with Crippen molar-refractivity contribution in [2.24, 2.45) is 11.3 Å². The fraction of sp³-hybridized carbons (Fsp3) is 0.167. The first-order chi connectivity index (χ1) is 39.9. The average molecular weight is 1430 g/mol. The third-order valence-electron chi connectivity index (χ3n) is 15.0. The summed E-state index contributed by atoms with van der Waals surface area (Å²) < 4.78 is 6.17. The number of anilines is 7. The van der Waals surface area contributed by atoms with E-state index in [0.29, 0.717) is 12.5 Å². The van der Waals surface area contributed by atoms with E-state index >= 15 is 0 Å². The minimum atomic E-state index is -0.449. The van der Waals surface area contributed by atoms with Crippen molar-refractivity contribution in [2.45, 2.75) is 51.4 Å². The van der Waals surface area contributed by atoms with Gasteiger partial charge >= 0.3 is 0 Å². The Morgan fingerprint density at radius 1 is 0.458 bits per heavy atom. The number of para-hydroxylation sites is 7. The number of nitrogens with zero attached hydrogens (tertiary/aromatic N) is 3. The molecule has 3 radical (unpaired) electrons. The van der Waals surface area contributed by atoms with Gasteiger partial charge in [0.05, 0.1) is 50.6 Å². The van der Waals surface area contributed by atoms with Crippen LogP contribution in [-0.4, -0.2) is 28.2 Å². The number of nitrogens with two attached hydrogens (primary N) is 1. The summed E-state index contributed by atoms with van der Waals surface area (Å²) in [5.74, 6) is 0.580. The molecule has 0 bridgehead atoms. The predicted molar refractivity (Wildman–Crippen MR) is 375 cm³/mol. The van der Waals surface area contributed by atoms with Gasteiger partial charge in [-0.05, 0) is 141 Å². The fourth-order valence-corrected chi connectivity index (χ4v) is 12.1. The molecule has 0 saturated carbocycles. The standard InChI is InChI=1S/C31H22IN.C31H24N2.C5H11NO2.C4H8O.CH4.B.I2/c2*32-27-19-9-12-22-30(27)33-28-20-10-7-17-25(28)31(23-13-3-1-4-14-23,24-15-5-2-6-16-24)26-18-8-11-21-29(26)33;1-5(2)3-4-8-6-7;1-2-4-5-3-1;;;1-2/h1-22H;1-22H,32H2;5H,3-4H2,1-2H3;1-4H2;1H4;;. The van der Waals surface area contributed by atoms with Gasteiger partial charge in [0.15, 0.2) is 5.34 Å². The maximum atomic E-state index is 9.31. The maximum absolute atomic E-state index is 9.31. The summed E-state index contributed by atoms with van der Waals surface area (Å²) in [5.41, 5.74) is 23.4. The van der Waals surface area contributed by atoms with E-state index in [1.807, 2.05) is 18.2 Å². The molecule has 0 unspecified atom stereocenters. The van der Waals surface area contributed by atoms with Crippen LogP contribution in [0.2, 0.25) is 0 Å². The van der Waals surface area contributed by atoms with E-state index in [0.717, 1.165) is 42.4 Å². The summed E-state index contributed by atoms with van der Waals surface area (Å²) in [7, 11) is 0. The number of rotatable bonds is 10. The summed E-state index contributed by atoms with van der Waals surface area (Å²) >= 11 is 6.69. The van der Waals surface area contributed by atoms with Crippen LogP contribution in [0, 0.1) is 14.4 Å². The largest absolute Gasteiger partial charge is 0.397 e. The lowest BCUT2D eigenvalue weighted by atomic mass is 9.62. The molecular formula is C72H69BI3N4O3. The highest BCUT2D eigenvalue weighted by molar-refractivity contribution is 15.0. The van der Waals surface area contributed by atoms with Crippen molar-refractivity contribution < 1.29 is 9.57 Å². The second kappa shape index (κ2) is 31.2. The molecule has 3 heterocycles. The lowest BCUT2D eigenvalue weighted by Crippen LogP contribution is -2.37. The molecule has 1 saturated heterocycles. The zero-order valence-electron chi connectivity index (χ0n) is 46.1. The Bertz CT molecular complexity index is 3180. The van der Waals surface area contributed by atoms with Gasteiger partial charge < -0.3 is 25.1 Å². The van der Waals surface area contributed by atoms with Crippen LogP contribution in [0.4, 0.5) is 39.8 Å². The normalized spacial score (nSPS) is 13.4. The van der Waals surface area contributed by atoms with Crippen LogP contribution < -0.4 is 15.5 Å². The SMILES string of the molecule is C.C1CCOC1.CC(C)CCON=O.II.Ic1ccccc1N1c2ccccc2C(c2ccccc2)(c2ccccc2)c2ccccc21.Nc1ccccc1N1c2ccccc2C(c2ccccc2)(c2ccccc2)c2ccccc21.[B]. The van der Waals surface area contributed by atoms with Crippen LogP contribution in [0.25, 0.3) is 0 Å². The Hall–Kier alpha value is -6.79. The molecule has 0 aliphatic carbocycles. The number of nitrogen functional groups attached to an aromatic ring is 1. The molecule has 0 amide bonds. The molecule has 13 rings (SSSR count). The Balaban J connectivity index is 0.000000188. The number of fused-ring (bicyclic) bond motifs is 4. The van der Waals surface area contributed by atoms with Gasteiger partial charge in [-0.1, -0.05) is 240 Å². The van der Waals surface area contributed by atoms with Gasteiger partial charge in [0, 0.05) is 62.4 Å². The van der Waals surface area contributed by atoms with E-state index in [4.69, 9.17) is 10.5 Å². The first kappa shape index (κ1) is 63.8. The zero-order chi connectivity index (χ0) is 56.4. The first-order valence-corrected chi connectivity index (χ1v) is 34.7. The van der Waals surface area contributed by atoms with Crippen molar-refractivity contribution >= 4 is 108 Å². The molecular weight excluding hydrogens is 1360 g/mol. The van der Waals surface area contributed by atoms with Crippen molar-refractivity contribution in [1.82, 2.24) is 0 Å². The average Bonchev–Trinajstić information content (AvgIpc) is 1.20. The minimum absolute atomic E-state index is 0. The third kappa shape index (κ3) is 13.4. The molecule has 1 fully saturated rings. The molecule has 10 aromatic rings. The molecule has 419 valence electrons. The summed E-state index contributed by atoms with van der Waals surface area (Å²) in [6, 6.07) is 95.4.